The van der Waals surface area contributed by atoms with Gasteiger partial charge in [0, 0.05) is 5.69 Å². The highest BCUT2D eigenvalue weighted by atomic mass is 32.2. The van der Waals surface area contributed by atoms with Crippen LogP contribution in [0.5, 0.6) is 0 Å². The van der Waals surface area contributed by atoms with E-state index in [1.807, 2.05) is 0 Å². The van der Waals surface area contributed by atoms with Gasteiger partial charge >= 0.3 is 0 Å². The number of sulfonamides is 2. The molecule has 0 bridgehead atoms. The van der Waals surface area contributed by atoms with Crippen LogP contribution in [0, 0.1) is 11.3 Å². The first-order chi connectivity index (χ1) is 8.70. The SMILES string of the molecule is CCC(C#N)S(=O)(=O)Nc1cccc(S(N)(=O)=O)c1. The minimum absolute atomic E-state index is 0.0419. The van der Waals surface area contributed by atoms with Crippen molar-refractivity contribution < 1.29 is 16.8 Å². The van der Waals surface area contributed by atoms with E-state index in [2.05, 4.69) is 4.72 Å². The maximum absolute atomic E-state index is 11.8. The second kappa shape index (κ2) is 5.56. The number of primary sulfonamides is 1. The van der Waals surface area contributed by atoms with Crippen LogP contribution >= 0.6 is 0 Å². The normalized spacial score (nSPS) is 13.5. The summed E-state index contributed by atoms with van der Waals surface area (Å²) in [4.78, 5) is -0.210. The van der Waals surface area contributed by atoms with Crippen molar-refractivity contribution in [2.45, 2.75) is 23.5 Å². The minimum Gasteiger partial charge on any atom is -0.282 e. The van der Waals surface area contributed by atoms with Crippen LogP contribution in [0.4, 0.5) is 5.69 Å². The molecule has 1 atom stereocenters. The molecular weight excluding hydrogens is 290 g/mol. The maximum atomic E-state index is 11.8. The fourth-order valence-electron chi connectivity index (χ4n) is 1.35. The zero-order valence-electron chi connectivity index (χ0n) is 10.1. The molecule has 1 aromatic carbocycles. The van der Waals surface area contributed by atoms with Crippen molar-refractivity contribution >= 4 is 25.7 Å². The van der Waals surface area contributed by atoms with Gasteiger partial charge in [0.1, 0.15) is 0 Å². The average molecular weight is 303 g/mol. The first-order valence-corrected chi connectivity index (χ1v) is 8.34. The van der Waals surface area contributed by atoms with Gasteiger partial charge in [0.15, 0.2) is 5.25 Å². The molecule has 1 rings (SSSR count). The first-order valence-electron chi connectivity index (χ1n) is 5.25. The molecule has 0 aliphatic carbocycles. The van der Waals surface area contributed by atoms with Gasteiger partial charge in [0.25, 0.3) is 0 Å². The first kappa shape index (κ1) is 15.4. The Morgan fingerprint density at radius 2 is 2.00 bits per heavy atom. The van der Waals surface area contributed by atoms with E-state index in [0.29, 0.717) is 0 Å². The van der Waals surface area contributed by atoms with E-state index in [1.54, 1.807) is 13.0 Å². The minimum atomic E-state index is -3.91. The predicted molar refractivity (Wildman–Crippen MR) is 70.0 cm³/mol. The molecule has 104 valence electrons. The van der Waals surface area contributed by atoms with Gasteiger partial charge < -0.3 is 0 Å². The fraction of sp³-hybridized carbons (Fsp3) is 0.300. The molecule has 0 saturated carbocycles. The molecule has 0 fully saturated rings. The molecule has 0 saturated heterocycles. The lowest BCUT2D eigenvalue weighted by Crippen LogP contribution is -2.26. The highest BCUT2D eigenvalue weighted by molar-refractivity contribution is 7.93. The van der Waals surface area contributed by atoms with Crippen molar-refractivity contribution in [3.05, 3.63) is 24.3 Å². The largest absolute Gasteiger partial charge is 0.282 e. The van der Waals surface area contributed by atoms with E-state index in [4.69, 9.17) is 10.4 Å². The van der Waals surface area contributed by atoms with Gasteiger partial charge in [-0.25, -0.2) is 22.0 Å². The van der Waals surface area contributed by atoms with Gasteiger partial charge in [-0.3, -0.25) is 4.72 Å². The molecule has 9 heteroatoms. The van der Waals surface area contributed by atoms with Crippen LogP contribution in [0.15, 0.2) is 29.2 Å². The highest BCUT2D eigenvalue weighted by Gasteiger charge is 2.23. The van der Waals surface area contributed by atoms with E-state index >= 15 is 0 Å². The number of hydrogen-bond donors (Lipinski definition) is 2. The summed E-state index contributed by atoms with van der Waals surface area (Å²) in [6.07, 6.45) is 0.126. The molecule has 1 aromatic rings. The molecule has 0 spiro atoms. The van der Waals surface area contributed by atoms with Crippen molar-refractivity contribution in [1.82, 2.24) is 0 Å². The van der Waals surface area contributed by atoms with E-state index in [9.17, 15) is 16.8 Å². The van der Waals surface area contributed by atoms with Crippen molar-refractivity contribution in [1.29, 1.82) is 5.26 Å². The number of nitrogens with two attached hydrogens (primary N) is 1. The zero-order valence-corrected chi connectivity index (χ0v) is 11.7. The van der Waals surface area contributed by atoms with Gasteiger partial charge in [-0.05, 0) is 24.6 Å². The average Bonchev–Trinajstić information content (AvgIpc) is 2.28. The number of rotatable bonds is 5. The Labute approximate surface area is 112 Å². The molecule has 0 aliphatic rings. The Kier molecular flexibility index (Phi) is 4.52. The Morgan fingerprint density at radius 3 is 2.47 bits per heavy atom. The second-order valence-corrected chi connectivity index (χ2v) is 7.17. The lowest BCUT2D eigenvalue weighted by Gasteiger charge is -2.11. The third kappa shape index (κ3) is 3.92. The van der Waals surface area contributed by atoms with Crippen LogP contribution in [0.2, 0.25) is 0 Å². The Balaban J connectivity index is 3.12. The summed E-state index contributed by atoms with van der Waals surface area (Å²) >= 11 is 0. The molecule has 19 heavy (non-hydrogen) atoms. The van der Waals surface area contributed by atoms with Crippen LogP contribution in [0.1, 0.15) is 13.3 Å². The fourth-order valence-corrected chi connectivity index (χ4v) is 3.09. The summed E-state index contributed by atoms with van der Waals surface area (Å²) in [6, 6.07) is 6.73. The predicted octanol–water partition coefficient (Wildman–Crippen LogP) is 0.378. The van der Waals surface area contributed by atoms with Gasteiger partial charge in [0.2, 0.25) is 20.0 Å². The Morgan fingerprint density at radius 1 is 1.37 bits per heavy atom. The topological polar surface area (TPSA) is 130 Å². The smallest absolute Gasteiger partial charge is 0.249 e. The summed E-state index contributed by atoms with van der Waals surface area (Å²) in [5, 5.41) is 12.5. The maximum Gasteiger partial charge on any atom is 0.249 e. The van der Waals surface area contributed by atoms with Crippen molar-refractivity contribution in [2.24, 2.45) is 5.14 Å². The number of nitrogens with zero attached hydrogens (tertiary/aromatic N) is 1. The summed E-state index contributed by atoms with van der Waals surface area (Å²) in [5.74, 6) is 0. The van der Waals surface area contributed by atoms with Crippen LogP contribution in [-0.2, 0) is 20.0 Å². The van der Waals surface area contributed by atoms with E-state index < -0.39 is 25.3 Å². The van der Waals surface area contributed by atoms with Crippen LogP contribution < -0.4 is 9.86 Å². The van der Waals surface area contributed by atoms with E-state index in [1.165, 1.54) is 18.2 Å². The monoisotopic (exact) mass is 303 g/mol. The summed E-state index contributed by atoms with van der Waals surface area (Å²) in [7, 11) is -7.80. The number of hydrogen-bond acceptors (Lipinski definition) is 5. The van der Waals surface area contributed by atoms with Crippen molar-refractivity contribution in [2.75, 3.05) is 4.72 Å². The number of benzene rings is 1. The van der Waals surface area contributed by atoms with Gasteiger partial charge in [-0.2, -0.15) is 5.26 Å². The van der Waals surface area contributed by atoms with Gasteiger partial charge in [-0.1, -0.05) is 13.0 Å². The zero-order chi connectivity index (χ0) is 14.7. The third-order valence-corrected chi connectivity index (χ3v) is 4.93. The lowest BCUT2D eigenvalue weighted by atomic mass is 10.3. The summed E-state index contributed by atoms with van der Waals surface area (Å²) in [6.45, 7) is 1.56. The molecule has 1 unspecified atom stereocenters. The standard InChI is InChI=1S/C10H13N3O4S2/c1-2-9(7-11)19(16,17)13-8-4-3-5-10(6-8)18(12,14)15/h3-6,9,13H,2H2,1H3,(H2,12,14,15). The Hall–Kier alpha value is -1.63. The summed E-state index contributed by atoms with van der Waals surface area (Å²) in [5.41, 5.74) is 0.0419. The molecule has 3 N–H and O–H groups in total. The molecular formula is C10H13N3O4S2. The number of anilines is 1. The summed E-state index contributed by atoms with van der Waals surface area (Å²) < 4.78 is 48.1. The number of nitriles is 1. The molecule has 0 aliphatic heterocycles. The van der Waals surface area contributed by atoms with Crippen molar-refractivity contribution in [3.63, 3.8) is 0 Å². The van der Waals surface area contributed by atoms with Crippen molar-refractivity contribution in [3.8, 4) is 6.07 Å². The lowest BCUT2D eigenvalue weighted by molar-refractivity contribution is 0.591. The molecule has 7 nitrogen and oxygen atoms in total. The molecule has 0 amide bonds. The second-order valence-electron chi connectivity index (χ2n) is 3.75. The third-order valence-electron chi connectivity index (χ3n) is 2.31. The van der Waals surface area contributed by atoms with Gasteiger partial charge in [-0.15, -0.1) is 0 Å². The van der Waals surface area contributed by atoms with Crippen LogP contribution in [0.3, 0.4) is 0 Å². The number of nitrogens with one attached hydrogen (secondary N) is 1. The molecule has 0 aromatic heterocycles. The quantitative estimate of drug-likeness (QED) is 0.812. The van der Waals surface area contributed by atoms with E-state index in [-0.39, 0.29) is 17.0 Å². The Bertz CT molecular complexity index is 705. The molecule has 0 heterocycles. The van der Waals surface area contributed by atoms with E-state index in [0.717, 1.165) is 6.07 Å². The molecule has 0 radical (unpaired) electrons. The van der Waals surface area contributed by atoms with Crippen LogP contribution in [0.25, 0.3) is 0 Å². The van der Waals surface area contributed by atoms with Crippen LogP contribution in [-0.4, -0.2) is 22.1 Å². The van der Waals surface area contributed by atoms with Gasteiger partial charge in [0.05, 0.1) is 11.0 Å². The highest BCUT2D eigenvalue weighted by Crippen LogP contribution is 2.17.